The van der Waals surface area contributed by atoms with E-state index in [1.807, 2.05) is 0 Å². The lowest BCUT2D eigenvalue weighted by Crippen LogP contribution is -2.01. The standard InChI is InChI=1S/C9H9FNO3/c1-6(5-12)7-2-3-8(10)9(4-7)11(13)14/h2-4,6,12H,1,5H2. The largest absolute Gasteiger partial charge is 0.396 e. The topological polar surface area (TPSA) is 63.4 Å². The highest BCUT2D eigenvalue weighted by atomic mass is 19.1. The molecule has 0 fully saturated rings. The molecule has 1 aromatic rings. The van der Waals surface area contributed by atoms with Crippen LogP contribution in [0.15, 0.2) is 18.2 Å². The van der Waals surface area contributed by atoms with Crippen molar-refractivity contribution in [1.29, 1.82) is 0 Å². The van der Waals surface area contributed by atoms with Gasteiger partial charge in [0.25, 0.3) is 0 Å². The highest BCUT2D eigenvalue weighted by molar-refractivity contribution is 5.38. The number of halogens is 1. The molecule has 0 bridgehead atoms. The lowest BCUT2D eigenvalue weighted by Gasteiger charge is -2.07. The third kappa shape index (κ3) is 2.05. The zero-order valence-electron chi connectivity index (χ0n) is 7.31. The van der Waals surface area contributed by atoms with Crippen LogP contribution in [-0.2, 0) is 0 Å². The molecule has 0 amide bonds. The maximum atomic E-state index is 12.9. The van der Waals surface area contributed by atoms with Crippen LogP contribution in [0.5, 0.6) is 0 Å². The fourth-order valence-corrected chi connectivity index (χ4v) is 1.03. The number of aliphatic hydroxyl groups is 1. The van der Waals surface area contributed by atoms with Crippen molar-refractivity contribution in [2.45, 2.75) is 5.92 Å². The van der Waals surface area contributed by atoms with Gasteiger partial charge in [0.15, 0.2) is 0 Å². The van der Waals surface area contributed by atoms with Crippen LogP contribution in [0, 0.1) is 22.9 Å². The van der Waals surface area contributed by atoms with Gasteiger partial charge in [0, 0.05) is 18.6 Å². The van der Waals surface area contributed by atoms with E-state index in [1.165, 1.54) is 6.07 Å². The van der Waals surface area contributed by atoms with Gasteiger partial charge in [-0.05, 0) is 18.6 Å². The van der Waals surface area contributed by atoms with Crippen molar-refractivity contribution in [1.82, 2.24) is 0 Å². The van der Waals surface area contributed by atoms with Crippen molar-refractivity contribution in [3.05, 3.63) is 46.6 Å². The molecule has 14 heavy (non-hydrogen) atoms. The number of hydrogen-bond donors (Lipinski definition) is 1. The van der Waals surface area contributed by atoms with Crippen molar-refractivity contribution in [3.8, 4) is 0 Å². The van der Waals surface area contributed by atoms with Gasteiger partial charge in [-0.1, -0.05) is 6.07 Å². The molecule has 5 heteroatoms. The SMILES string of the molecule is [CH2]C(CO)c1ccc(F)c([N+](=O)[O-])c1. The molecule has 0 aliphatic rings. The quantitative estimate of drug-likeness (QED) is 0.593. The summed E-state index contributed by atoms with van der Waals surface area (Å²) in [6.07, 6.45) is 0. The molecule has 1 radical (unpaired) electrons. The molecule has 0 aliphatic heterocycles. The van der Waals surface area contributed by atoms with Gasteiger partial charge in [0.2, 0.25) is 5.82 Å². The van der Waals surface area contributed by atoms with Gasteiger partial charge < -0.3 is 5.11 Å². The van der Waals surface area contributed by atoms with Crippen molar-refractivity contribution >= 4 is 5.69 Å². The van der Waals surface area contributed by atoms with Gasteiger partial charge in [-0.2, -0.15) is 4.39 Å². The molecule has 0 spiro atoms. The van der Waals surface area contributed by atoms with Crippen molar-refractivity contribution in [3.63, 3.8) is 0 Å². The van der Waals surface area contributed by atoms with E-state index < -0.39 is 22.3 Å². The van der Waals surface area contributed by atoms with E-state index >= 15 is 0 Å². The minimum absolute atomic E-state index is 0.233. The molecular weight excluding hydrogens is 189 g/mol. The second kappa shape index (κ2) is 4.15. The van der Waals surface area contributed by atoms with Crippen LogP contribution in [-0.4, -0.2) is 16.6 Å². The van der Waals surface area contributed by atoms with Crippen LogP contribution in [0.25, 0.3) is 0 Å². The van der Waals surface area contributed by atoms with E-state index in [1.54, 1.807) is 0 Å². The van der Waals surface area contributed by atoms with Gasteiger partial charge in [-0.25, -0.2) is 0 Å². The first-order chi connectivity index (χ1) is 6.56. The lowest BCUT2D eigenvalue weighted by atomic mass is 10.0. The van der Waals surface area contributed by atoms with Gasteiger partial charge >= 0.3 is 5.69 Å². The molecule has 75 valence electrons. The molecule has 0 saturated carbocycles. The first-order valence-corrected chi connectivity index (χ1v) is 3.94. The molecule has 1 aromatic carbocycles. The minimum Gasteiger partial charge on any atom is -0.396 e. The highest BCUT2D eigenvalue weighted by Gasteiger charge is 2.16. The molecule has 0 aliphatic carbocycles. The number of rotatable bonds is 3. The van der Waals surface area contributed by atoms with E-state index in [2.05, 4.69) is 6.92 Å². The predicted molar refractivity (Wildman–Crippen MR) is 48.2 cm³/mol. The zero-order valence-corrected chi connectivity index (χ0v) is 7.31. The Morgan fingerprint density at radius 2 is 2.29 bits per heavy atom. The summed E-state index contributed by atoms with van der Waals surface area (Å²) in [6.45, 7) is 3.33. The Morgan fingerprint density at radius 3 is 2.79 bits per heavy atom. The number of aliphatic hydroxyl groups excluding tert-OH is 1. The zero-order chi connectivity index (χ0) is 10.7. The minimum atomic E-state index is -0.885. The maximum absolute atomic E-state index is 12.9. The molecule has 4 nitrogen and oxygen atoms in total. The van der Waals surface area contributed by atoms with E-state index in [0.29, 0.717) is 5.56 Å². The summed E-state index contributed by atoms with van der Waals surface area (Å²) in [5.74, 6) is -1.36. The number of hydrogen-bond acceptors (Lipinski definition) is 3. The first-order valence-electron chi connectivity index (χ1n) is 3.94. The van der Waals surface area contributed by atoms with Gasteiger partial charge in [-0.3, -0.25) is 10.1 Å². The molecule has 1 rings (SSSR count). The number of nitrogens with zero attached hydrogens (tertiary/aromatic N) is 1. The Morgan fingerprint density at radius 1 is 1.64 bits per heavy atom. The van der Waals surface area contributed by atoms with Crippen LogP contribution in [0.3, 0.4) is 0 Å². The maximum Gasteiger partial charge on any atom is 0.305 e. The Labute approximate surface area is 80.1 Å². The van der Waals surface area contributed by atoms with E-state index in [0.717, 1.165) is 12.1 Å². The predicted octanol–water partition coefficient (Wildman–Crippen LogP) is 1.64. The second-order valence-corrected chi connectivity index (χ2v) is 2.85. The van der Waals surface area contributed by atoms with Crippen molar-refractivity contribution in [2.24, 2.45) is 0 Å². The molecule has 1 N–H and O–H groups in total. The number of benzene rings is 1. The lowest BCUT2D eigenvalue weighted by molar-refractivity contribution is -0.387. The Bertz CT molecular complexity index is 354. The van der Waals surface area contributed by atoms with E-state index in [-0.39, 0.29) is 6.61 Å². The summed E-state index contributed by atoms with van der Waals surface area (Å²) in [5.41, 5.74) is -0.148. The molecule has 1 unspecified atom stereocenters. The second-order valence-electron chi connectivity index (χ2n) is 2.85. The van der Waals surface area contributed by atoms with Gasteiger partial charge in [0.1, 0.15) is 0 Å². The van der Waals surface area contributed by atoms with E-state index in [4.69, 9.17) is 5.11 Å². The summed E-state index contributed by atoms with van der Waals surface area (Å²) < 4.78 is 12.9. The third-order valence-electron chi connectivity index (χ3n) is 1.86. The molecule has 0 saturated heterocycles. The van der Waals surface area contributed by atoms with E-state index in [9.17, 15) is 14.5 Å². The Kier molecular flexibility index (Phi) is 3.14. The Hall–Kier alpha value is -1.49. The molecule has 0 aromatic heterocycles. The van der Waals surface area contributed by atoms with Crippen LogP contribution in [0.1, 0.15) is 11.5 Å². The fraction of sp³-hybridized carbons (Fsp3) is 0.222. The molecule has 0 heterocycles. The monoisotopic (exact) mass is 198 g/mol. The summed E-state index contributed by atoms with van der Waals surface area (Å²) in [7, 11) is 0. The highest BCUT2D eigenvalue weighted by Crippen LogP contribution is 2.23. The summed E-state index contributed by atoms with van der Waals surface area (Å²) in [6, 6.07) is 3.46. The van der Waals surface area contributed by atoms with Gasteiger partial charge in [0.05, 0.1) is 4.92 Å². The Balaban J connectivity index is 3.12. The van der Waals surface area contributed by atoms with Crippen molar-refractivity contribution in [2.75, 3.05) is 6.61 Å². The fourth-order valence-electron chi connectivity index (χ4n) is 1.03. The number of nitro benzene ring substituents is 1. The average Bonchev–Trinajstić information content (AvgIpc) is 2.17. The summed E-state index contributed by atoms with van der Waals surface area (Å²) >= 11 is 0. The smallest absolute Gasteiger partial charge is 0.305 e. The van der Waals surface area contributed by atoms with Crippen LogP contribution in [0.4, 0.5) is 10.1 Å². The van der Waals surface area contributed by atoms with Gasteiger partial charge in [-0.15, -0.1) is 0 Å². The number of nitro groups is 1. The summed E-state index contributed by atoms with van der Waals surface area (Å²) in [5, 5.41) is 19.1. The molecule has 1 atom stereocenters. The average molecular weight is 198 g/mol. The van der Waals surface area contributed by atoms with Crippen molar-refractivity contribution < 1.29 is 14.4 Å². The normalized spacial score (nSPS) is 12.5. The first kappa shape index (κ1) is 10.6. The third-order valence-corrected chi connectivity index (χ3v) is 1.86. The molecular formula is C9H9FNO3. The van der Waals surface area contributed by atoms with Crippen LogP contribution >= 0.6 is 0 Å². The summed E-state index contributed by atoms with van der Waals surface area (Å²) in [4.78, 5) is 9.56. The van der Waals surface area contributed by atoms with Crippen LogP contribution in [0.2, 0.25) is 0 Å². The van der Waals surface area contributed by atoms with Crippen LogP contribution < -0.4 is 0 Å².